The van der Waals surface area contributed by atoms with E-state index in [1.54, 1.807) is 12.8 Å². The van der Waals surface area contributed by atoms with E-state index in [1.165, 1.54) is 51.6 Å². The van der Waals surface area contributed by atoms with Crippen LogP contribution in [0.2, 0.25) is 0 Å². The molecule has 2 nitrogen and oxygen atoms in total. The van der Waals surface area contributed by atoms with E-state index in [1.807, 2.05) is 0 Å². The molecule has 2 bridgehead atoms. The predicted octanol–water partition coefficient (Wildman–Crippen LogP) is 3.52. The summed E-state index contributed by atoms with van der Waals surface area (Å²) in [6.45, 7) is 6.08. The maximum absolute atomic E-state index is 3.69. The average molecular weight is 278 g/mol. The first-order valence-corrected chi connectivity index (χ1v) is 9.18. The maximum atomic E-state index is 3.69. The van der Waals surface area contributed by atoms with Crippen LogP contribution in [0.4, 0.5) is 0 Å². The molecule has 3 fully saturated rings. The Balaban J connectivity index is 1.37. The molecule has 5 unspecified atom stereocenters. The van der Waals surface area contributed by atoms with Crippen molar-refractivity contribution < 1.29 is 0 Å². The van der Waals surface area contributed by atoms with Crippen molar-refractivity contribution >= 4 is 0 Å². The van der Waals surface area contributed by atoms with Gasteiger partial charge >= 0.3 is 0 Å². The van der Waals surface area contributed by atoms with Gasteiger partial charge in [0.1, 0.15) is 0 Å². The molecule has 0 aromatic heterocycles. The van der Waals surface area contributed by atoms with Crippen LogP contribution in [-0.2, 0) is 0 Å². The topological polar surface area (TPSA) is 15.3 Å². The summed E-state index contributed by atoms with van der Waals surface area (Å²) in [5.41, 5.74) is 0. The van der Waals surface area contributed by atoms with Gasteiger partial charge in [0.25, 0.3) is 0 Å². The molecule has 0 saturated heterocycles. The average Bonchev–Trinajstić information content (AvgIpc) is 3.13. The van der Waals surface area contributed by atoms with Gasteiger partial charge in [0, 0.05) is 12.6 Å². The minimum absolute atomic E-state index is 0.816. The van der Waals surface area contributed by atoms with Crippen molar-refractivity contribution in [3.8, 4) is 0 Å². The van der Waals surface area contributed by atoms with Gasteiger partial charge < -0.3 is 10.2 Å². The van der Waals surface area contributed by atoms with E-state index in [2.05, 4.69) is 24.2 Å². The summed E-state index contributed by atoms with van der Waals surface area (Å²) < 4.78 is 0. The molecular weight excluding hydrogens is 244 g/mol. The monoisotopic (exact) mass is 278 g/mol. The molecule has 0 amide bonds. The van der Waals surface area contributed by atoms with Crippen molar-refractivity contribution in [3.05, 3.63) is 0 Å². The van der Waals surface area contributed by atoms with E-state index in [-0.39, 0.29) is 0 Å². The van der Waals surface area contributed by atoms with Gasteiger partial charge in [0.05, 0.1) is 0 Å². The summed E-state index contributed by atoms with van der Waals surface area (Å²) >= 11 is 0. The lowest BCUT2D eigenvalue weighted by molar-refractivity contribution is 0.205. The van der Waals surface area contributed by atoms with Gasteiger partial charge in [-0.2, -0.15) is 0 Å². The summed E-state index contributed by atoms with van der Waals surface area (Å²) in [7, 11) is 2.36. The molecular formula is C18H34N2. The van der Waals surface area contributed by atoms with Gasteiger partial charge in [-0.05, 0) is 82.3 Å². The molecule has 0 aromatic rings. The highest BCUT2D eigenvalue weighted by Gasteiger charge is 2.39. The summed E-state index contributed by atoms with van der Waals surface area (Å²) in [5, 5.41) is 3.69. The van der Waals surface area contributed by atoms with E-state index >= 15 is 0 Å². The van der Waals surface area contributed by atoms with Gasteiger partial charge in [0.15, 0.2) is 0 Å². The molecule has 2 heteroatoms. The zero-order valence-corrected chi connectivity index (χ0v) is 13.6. The van der Waals surface area contributed by atoms with Gasteiger partial charge in [-0.25, -0.2) is 0 Å². The Hall–Kier alpha value is -0.0800. The fraction of sp³-hybridized carbons (Fsp3) is 1.00. The highest BCUT2D eigenvalue weighted by molar-refractivity contribution is 4.91. The summed E-state index contributed by atoms with van der Waals surface area (Å²) in [5.74, 6) is 4.17. The molecule has 5 atom stereocenters. The van der Waals surface area contributed by atoms with Crippen molar-refractivity contribution in [2.75, 3.05) is 26.7 Å². The SMILES string of the molecule is CCNC1CCCC1CCN(C)CC1CC2CCC1C2. The summed E-state index contributed by atoms with van der Waals surface area (Å²) in [6, 6.07) is 0.816. The molecule has 0 aromatic carbocycles. The van der Waals surface area contributed by atoms with Crippen molar-refractivity contribution in [2.24, 2.45) is 23.7 Å². The number of nitrogens with zero attached hydrogens (tertiary/aromatic N) is 1. The predicted molar refractivity (Wildman–Crippen MR) is 85.9 cm³/mol. The van der Waals surface area contributed by atoms with E-state index in [4.69, 9.17) is 0 Å². The van der Waals surface area contributed by atoms with E-state index in [9.17, 15) is 0 Å². The van der Waals surface area contributed by atoms with Crippen LogP contribution < -0.4 is 5.32 Å². The molecule has 3 aliphatic rings. The van der Waals surface area contributed by atoms with Crippen LogP contribution in [0.1, 0.15) is 58.3 Å². The lowest BCUT2D eigenvalue weighted by Crippen LogP contribution is -2.35. The number of hydrogen-bond donors (Lipinski definition) is 1. The lowest BCUT2D eigenvalue weighted by Gasteiger charge is -2.29. The summed E-state index contributed by atoms with van der Waals surface area (Å²) in [6.07, 6.45) is 11.9. The van der Waals surface area contributed by atoms with Crippen LogP contribution in [0.5, 0.6) is 0 Å². The molecule has 3 saturated carbocycles. The number of rotatable bonds is 7. The third kappa shape index (κ3) is 3.39. The molecule has 0 spiro atoms. The third-order valence-electron chi connectivity index (χ3n) is 6.44. The van der Waals surface area contributed by atoms with E-state index < -0.39 is 0 Å². The highest BCUT2D eigenvalue weighted by Crippen LogP contribution is 2.48. The number of hydrogen-bond acceptors (Lipinski definition) is 2. The first kappa shape index (κ1) is 14.8. The molecule has 116 valence electrons. The first-order valence-electron chi connectivity index (χ1n) is 9.18. The Morgan fingerprint density at radius 2 is 1.95 bits per heavy atom. The number of fused-ring (bicyclic) bond motifs is 2. The van der Waals surface area contributed by atoms with E-state index in [0.717, 1.165) is 36.3 Å². The fourth-order valence-corrected chi connectivity index (χ4v) is 5.39. The standard InChI is InChI=1S/C18H34N2/c1-3-19-18-6-4-5-15(18)9-10-20(2)13-17-12-14-7-8-16(17)11-14/h14-19H,3-13H2,1-2H3. The lowest BCUT2D eigenvalue weighted by atomic mass is 9.88. The van der Waals surface area contributed by atoms with Crippen LogP contribution >= 0.6 is 0 Å². The van der Waals surface area contributed by atoms with Crippen LogP contribution in [0.15, 0.2) is 0 Å². The Labute approximate surface area is 125 Å². The van der Waals surface area contributed by atoms with Gasteiger partial charge in [0.2, 0.25) is 0 Å². The Morgan fingerprint density at radius 3 is 2.65 bits per heavy atom. The van der Waals surface area contributed by atoms with Crippen molar-refractivity contribution in [1.29, 1.82) is 0 Å². The van der Waals surface area contributed by atoms with Gasteiger partial charge in [-0.3, -0.25) is 0 Å². The van der Waals surface area contributed by atoms with Crippen molar-refractivity contribution in [1.82, 2.24) is 10.2 Å². The maximum Gasteiger partial charge on any atom is 0.00956 e. The molecule has 0 radical (unpaired) electrons. The Morgan fingerprint density at radius 1 is 1.05 bits per heavy atom. The second-order valence-electron chi connectivity index (χ2n) is 7.84. The minimum atomic E-state index is 0.816. The fourth-order valence-electron chi connectivity index (χ4n) is 5.39. The summed E-state index contributed by atoms with van der Waals surface area (Å²) in [4.78, 5) is 2.65. The van der Waals surface area contributed by atoms with Crippen LogP contribution in [-0.4, -0.2) is 37.6 Å². The zero-order valence-electron chi connectivity index (χ0n) is 13.6. The molecule has 20 heavy (non-hydrogen) atoms. The highest BCUT2D eigenvalue weighted by atomic mass is 15.1. The van der Waals surface area contributed by atoms with Gasteiger partial charge in [-0.1, -0.05) is 19.8 Å². The molecule has 1 N–H and O–H groups in total. The Kier molecular flexibility index (Phi) is 5.04. The largest absolute Gasteiger partial charge is 0.314 e. The molecule has 0 aliphatic heterocycles. The minimum Gasteiger partial charge on any atom is -0.314 e. The molecule has 3 aliphatic carbocycles. The molecule has 0 heterocycles. The number of nitrogens with one attached hydrogen (secondary N) is 1. The smallest absolute Gasteiger partial charge is 0.00956 e. The van der Waals surface area contributed by atoms with Crippen LogP contribution in [0, 0.1) is 23.7 Å². The van der Waals surface area contributed by atoms with E-state index in [0.29, 0.717) is 0 Å². The van der Waals surface area contributed by atoms with Crippen LogP contribution in [0.3, 0.4) is 0 Å². The van der Waals surface area contributed by atoms with Crippen LogP contribution in [0.25, 0.3) is 0 Å². The second-order valence-corrected chi connectivity index (χ2v) is 7.84. The zero-order chi connectivity index (χ0) is 13.9. The second kappa shape index (κ2) is 6.79. The van der Waals surface area contributed by atoms with Gasteiger partial charge in [-0.15, -0.1) is 0 Å². The Bertz CT molecular complexity index is 304. The van der Waals surface area contributed by atoms with Crippen molar-refractivity contribution in [2.45, 2.75) is 64.3 Å². The first-order chi connectivity index (χ1) is 9.76. The normalized spacial score (nSPS) is 40.0. The van der Waals surface area contributed by atoms with Crippen molar-refractivity contribution in [3.63, 3.8) is 0 Å². The third-order valence-corrected chi connectivity index (χ3v) is 6.44. The quantitative estimate of drug-likeness (QED) is 0.766. The molecule has 3 rings (SSSR count).